The Kier molecular flexibility index (Phi) is 1.08. The van der Waals surface area contributed by atoms with Gasteiger partial charge < -0.3 is 0 Å². The maximum absolute atomic E-state index is 12.6. The Hall–Kier alpha value is -0.0700. The topological polar surface area (TPSA) is 0 Å². The predicted molar refractivity (Wildman–Crippen MR) is 35.0 cm³/mol. The molecular formula is C8H13F. The minimum absolute atomic E-state index is 0.462. The average Bonchev–Trinajstić information content (AvgIpc) is 2.60. The molecule has 0 amide bonds. The lowest BCUT2D eigenvalue weighted by atomic mass is 9.85. The first-order valence-electron chi connectivity index (χ1n) is 3.95. The van der Waals surface area contributed by atoms with Crippen molar-refractivity contribution in [3.63, 3.8) is 0 Å². The van der Waals surface area contributed by atoms with E-state index in [9.17, 15) is 4.39 Å². The van der Waals surface area contributed by atoms with Crippen molar-refractivity contribution in [3.05, 3.63) is 0 Å². The van der Waals surface area contributed by atoms with Gasteiger partial charge in [0.2, 0.25) is 0 Å². The van der Waals surface area contributed by atoms with E-state index in [2.05, 4.69) is 0 Å². The van der Waals surface area contributed by atoms with Crippen LogP contribution in [-0.2, 0) is 0 Å². The Morgan fingerprint density at radius 3 is 2.00 bits per heavy atom. The van der Waals surface area contributed by atoms with E-state index in [0.717, 1.165) is 12.8 Å². The molecule has 0 nitrogen and oxygen atoms in total. The molecule has 0 saturated heterocycles. The summed E-state index contributed by atoms with van der Waals surface area (Å²) in [7, 11) is 0. The summed E-state index contributed by atoms with van der Waals surface area (Å²) in [5, 5.41) is 0. The molecule has 0 unspecified atom stereocenters. The molecule has 1 spiro atoms. The molecule has 9 heavy (non-hydrogen) atoms. The number of hydrogen-bond acceptors (Lipinski definition) is 0. The molecule has 2 rings (SSSR count). The Bertz CT molecular complexity index is 106. The van der Waals surface area contributed by atoms with Crippen LogP contribution in [-0.4, -0.2) is 6.17 Å². The predicted octanol–water partition coefficient (Wildman–Crippen LogP) is 2.68. The van der Waals surface area contributed by atoms with Crippen molar-refractivity contribution >= 4 is 0 Å². The van der Waals surface area contributed by atoms with Crippen molar-refractivity contribution < 1.29 is 4.39 Å². The summed E-state index contributed by atoms with van der Waals surface area (Å²) in [5.41, 5.74) is 0.669. The van der Waals surface area contributed by atoms with Gasteiger partial charge in [0.15, 0.2) is 0 Å². The first kappa shape index (κ1) is 5.70. The summed E-state index contributed by atoms with van der Waals surface area (Å²) in [5.74, 6) is 0. The summed E-state index contributed by atoms with van der Waals surface area (Å²) in [6, 6.07) is 0. The van der Waals surface area contributed by atoms with Crippen molar-refractivity contribution in [2.45, 2.75) is 44.7 Å². The van der Waals surface area contributed by atoms with Crippen LogP contribution in [0.4, 0.5) is 4.39 Å². The molecule has 0 aromatic rings. The van der Waals surface area contributed by atoms with Gasteiger partial charge in [-0.3, -0.25) is 0 Å². The van der Waals surface area contributed by atoms with Crippen molar-refractivity contribution in [2.75, 3.05) is 0 Å². The number of rotatable bonds is 0. The summed E-state index contributed by atoms with van der Waals surface area (Å²) < 4.78 is 12.6. The van der Waals surface area contributed by atoms with E-state index in [1.807, 2.05) is 0 Å². The van der Waals surface area contributed by atoms with Gasteiger partial charge in [-0.25, -0.2) is 4.39 Å². The van der Waals surface area contributed by atoms with Crippen LogP contribution >= 0.6 is 0 Å². The van der Waals surface area contributed by atoms with Crippen LogP contribution in [0.3, 0.4) is 0 Å². The molecule has 52 valence electrons. The molecule has 0 atom stereocenters. The van der Waals surface area contributed by atoms with Crippen LogP contribution in [0.1, 0.15) is 38.5 Å². The average molecular weight is 128 g/mol. The first-order valence-corrected chi connectivity index (χ1v) is 3.95. The minimum atomic E-state index is -0.462. The Morgan fingerprint density at radius 2 is 1.56 bits per heavy atom. The largest absolute Gasteiger partial charge is 0.247 e. The van der Waals surface area contributed by atoms with Gasteiger partial charge in [0.05, 0.1) is 0 Å². The van der Waals surface area contributed by atoms with Crippen LogP contribution in [0, 0.1) is 5.41 Å². The van der Waals surface area contributed by atoms with Crippen LogP contribution in [0.25, 0.3) is 0 Å². The molecule has 2 saturated carbocycles. The van der Waals surface area contributed by atoms with Crippen molar-refractivity contribution in [3.8, 4) is 0 Å². The molecule has 0 heterocycles. The quantitative estimate of drug-likeness (QED) is 0.470. The molecule has 0 radical (unpaired) electrons. The van der Waals surface area contributed by atoms with E-state index in [-0.39, 0.29) is 0 Å². The highest BCUT2D eigenvalue weighted by Crippen LogP contribution is 2.56. The van der Waals surface area contributed by atoms with E-state index in [0.29, 0.717) is 5.41 Å². The van der Waals surface area contributed by atoms with E-state index in [1.165, 1.54) is 25.7 Å². The zero-order chi connectivity index (χ0) is 6.32. The van der Waals surface area contributed by atoms with Gasteiger partial charge in [-0.2, -0.15) is 0 Å². The molecule has 1 heteroatoms. The van der Waals surface area contributed by atoms with Crippen LogP contribution in [0.15, 0.2) is 0 Å². The number of alkyl halides is 1. The number of halogens is 1. The molecule has 0 N–H and O–H groups in total. The molecule has 2 aliphatic carbocycles. The van der Waals surface area contributed by atoms with Crippen LogP contribution < -0.4 is 0 Å². The lowest BCUT2D eigenvalue weighted by Gasteiger charge is -2.22. The van der Waals surface area contributed by atoms with Gasteiger partial charge in [-0.05, 0) is 43.9 Å². The maximum Gasteiger partial charge on any atom is 0.100 e. The van der Waals surface area contributed by atoms with Crippen LogP contribution in [0.2, 0.25) is 0 Å². The fourth-order valence-corrected chi connectivity index (χ4v) is 1.87. The van der Waals surface area contributed by atoms with E-state index < -0.39 is 6.17 Å². The van der Waals surface area contributed by atoms with Crippen LogP contribution in [0.5, 0.6) is 0 Å². The van der Waals surface area contributed by atoms with Gasteiger partial charge in [-0.15, -0.1) is 0 Å². The summed E-state index contributed by atoms with van der Waals surface area (Å²) >= 11 is 0. The number of hydrogen-bond donors (Lipinski definition) is 0. The zero-order valence-electron chi connectivity index (χ0n) is 5.70. The standard InChI is InChI=1S/C8H13F/c9-7-1-3-8(4-2-7)5-6-8/h7H,1-6H2. The highest BCUT2D eigenvalue weighted by molar-refractivity contribution is 4.96. The third-order valence-corrected chi connectivity index (χ3v) is 2.93. The highest BCUT2D eigenvalue weighted by Gasteiger charge is 2.44. The van der Waals surface area contributed by atoms with E-state index in [1.54, 1.807) is 0 Å². The molecule has 0 bridgehead atoms. The third-order valence-electron chi connectivity index (χ3n) is 2.93. The Balaban J connectivity index is 1.91. The highest BCUT2D eigenvalue weighted by atomic mass is 19.1. The molecule has 0 aliphatic heterocycles. The summed E-state index contributed by atoms with van der Waals surface area (Å²) in [6.07, 6.45) is 6.36. The second-order valence-corrected chi connectivity index (χ2v) is 3.67. The maximum atomic E-state index is 12.6. The SMILES string of the molecule is FC1CCC2(CC1)CC2. The van der Waals surface area contributed by atoms with Gasteiger partial charge in [0, 0.05) is 0 Å². The molecular weight excluding hydrogens is 115 g/mol. The van der Waals surface area contributed by atoms with Crippen molar-refractivity contribution in [1.29, 1.82) is 0 Å². The van der Waals surface area contributed by atoms with E-state index in [4.69, 9.17) is 0 Å². The summed E-state index contributed by atoms with van der Waals surface area (Å²) in [6.45, 7) is 0. The third kappa shape index (κ3) is 0.973. The fourth-order valence-electron chi connectivity index (χ4n) is 1.87. The van der Waals surface area contributed by atoms with Gasteiger partial charge in [-0.1, -0.05) is 0 Å². The molecule has 2 fully saturated rings. The van der Waals surface area contributed by atoms with Gasteiger partial charge >= 0.3 is 0 Å². The molecule has 2 aliphatic rings. The smallest absolute Gasteiger partial charge is 0.100 e. The lowest BCUT2D eigenvalue weighted by molar-refractivity contribution is 0.195. The minimum Gasteiger partial charge on any atom is -0.247 e. The molecule has 0 aromatic carbocycles. The van der Waals surface area contributed by atoms with Crippen molar-refractivity contribution in [2.24, 2.45) is 5.41 Å². The summed E-state index contributed by atoms with van der Waals surface area (Å²) in [4.78, 5) is 0. The van der Waals surface area contributed by atoms with Crippen molar-refractivity contribution in [1.82, 2.24) is 0 Å². The van der Waals surface area contributed by atoms with Gasteiger partial charge in [0.25, 0.3) is 0 Å². The Labute approximate surface area is 55.4 Å². The molecule has 0 aromatic heterocycles. The second-order valence-electron chi connectivity index (χ2n) is 3.67. The van der Waals surface area contributed by atoms with E-state index >= 15 is 0 Å². The monoisotopic (exact) mass is 128 g/mol. The lowest BCUT2D eigenvalue weighted by Crippen LogP contribution is -2.15. The van der Waals surface area contributed by atoms with Gasteiger partial charge in [0.1, 0.15) is 6.17 Å². The normalized spacial score (nSPS) is 33.0. The first-order chi connectivity index (χ1) is 4.31. The Morgan fingerprint density at radius 1 is 1.00 bits per heavy atom. The second kappa shape index (κ2) is 1.71. The zero-order valence-corrected chi connectivity index (χ0v) is 5.70. The fraction of sp³-hybridized carbons (Fsp3) is 1.00.